The third-order valence-electron chi connectivity index (χ3n) is 3.43. The van der Waals surface area contributed by atoms with E-state index in [0.717, 1.165) is 44.0 Å². The van der Waals surface area contributed by atoms with Crippen LogP contribution in [0.3, 0.4) is 0 Å². The van der Waals surface area contributed by atoms with Crippen LogP contribution in [0.4, 0.5) is 14.5 Å². The fraction of sp³-hybridized carbons (Fsp3) is 0.692. The summed E-state index contributed by atoms with van der Waals surface area (Å²) in [7, 11) is 0. The van der Waals surface area contributed by atoms with Crippen molar-refractivity contribution in [3.63, 3.8) is 0 Å². The molecule has 1 saturated heterocycles. The minimum absolute atomic E-state index is 0.00771. The van der Waals surface area contributed by atoms with Crippen molar-refractivity contribution in [3.8, 4) is 0 Å². The number of hydrogen-bond donors (Lipinski definition) is 2. The van der Waals surface area contributed by atoms with Gasteiger partial charge in [0, 0.05) is 19.6 Å². The fourth-order valence-electron chi connectivity index (χ4n) is 2.33. The average molecular weight is 317 g/mol. The minimum atomic E-state index is -2.59. The van der Waals surface area contributed by atoms with Crippen LogP contribution in [0.25, 0.3) is 0 Å². The number of nitrogens with two attached hydrogens (primary N) is 1. The largest absolute Gasteiger partial charge is 0.396 e. The zero-order valence-electron chi connectivity index (χ0n) is 12.3. The molecule has 0 bridgehead atoms. The van der Waals surface area contributed by atoms with Gasteiger partial charge in [0.15, 0.2) is 0 Å². The van der Waals surface area contributed by atoms with E-state index in [0.29, 0.717) is 6.54 Å². The third kappa shape index (κ3) is 4.63. The minimum Gasteiger partial charge on any atom is -0.396 e. The summed E-state index contributed by atoms with van der Waals surface area (Å²) in [4.78, 5) is 14.3. The monoisotopic (exact) mass is 317 g/mol. The second-order valence-corrected chi connectivity index (χ2v) is 5.09. The molecule has 2 heterocycles. The molecular formula is C13H21F2N5O2. The number of halogens is 2. The molecule has 0 aliphatic carbocycles. The van der Waals surface area contributed by atoms with Gasteiger partial charge in [-0.25, -0.2) is 8.78 Å². The van der Waals surface area contributed by atoms with E-state index in [1.54, 1.807) is 0 Å². The zero-order chi connectivity index (χ0) is 15.9. The fourth-order valence-corrected chi connectivity index (χ4v) is 2.33. The molecule has 22 heavy (non-hydrogen) atoms. The molecule has 9 heteroatoms. The van der Waals surface area contributed by atoms with Gasteiger partial charge in [-0.05, 0) is 13.0 Å². The van der Waals surface area contributed by atoms with Gasteiger partial charge in [-0.15, -0.1) is 0 Å². The molecule has 3 N–H and O–H groups in total. The molecule has 0 unspecified atom stereocenters. The summed E-state index contributed by atoms with van der Waals surface area (Å²) < 4.78 is 31.1. The summed E-state index contributed by atoms with van der Waals surface area (Å²) in [5.41, 5.74) is 5.72. The molecule has 1 amide bonds. The number of carbonyl (C=O) groups is 1. The smallest absolute Gasteiger partial charge is 0.271 e. The van der Waals surface area contributed by atoms with Crippen LogP contribution in [0.1, 0.15) is 16.9 Å². The van der Waals surface area contributed by atoms with Crippen molar-refractivity contribution in [1.82, 2.24) is 20.0 Å². The summed E-state index contributed by atoms with van der Waals surface area (Å²) in [6.45, 7) is 3.91. The molecule has 7 nitrogen and oxygen atoms in total. The van der Waals surface area contributed by atoms with E-state index >= 15 is 0 Å². The van der Waals surface area contributed by atoms with Crippen LogP contribution < -0.4 is 11.1 Å². The van der Waals surface area contributed by atoms with Crippen molar-refractivity contribution in [2.75, 3.05) is 45.1 Å². The Balaban J connectivity index is 1.78. The quantitative estimate of drug-likeness (QED) is 0.701. The lowest BCUT2D eigenvalue weighted by atomic mass is 10.3. The number of ether oxygens (including phenoxy) is 1. The maximum atomic E-state index is 12.4. The van der Waals surface area contributed by atoms with E-state index in [4.69, 9.17) is 10.5 Å². The lowest BCUT2D eigenvalue weighted by Crippen LogP contribution is -2.38. The number of hydrogen-bond acceptors (Lipinski definition) is 5. The molecular weight excluding hydrogens is 296 g/mol. The first-order valence-corrected chi connectivity index (χ1v) is 7.25. The Bertz CT molecular complexity index is 489. The van der Waals surface area contributed by atoms with Gasteiger partial charge in [0.1, 0.15) is 12.2 Å². The van der Waals surface area contributed by atoms with Gasteiger partial charge in [0.05, 0.1) is 25.1 Å². The Morgan fingerprint density at radius 2 is 2.18 bits per heavy atom. The lowest BCUT2D eigenvalue weighted by Gasteiger charge is -2.26. The molecule has 124 valence electrons. The number of nitrogens with zero attached hydrogens (tertiary/aromatic N) is 3. The molecule has 0 spiro atoms. The first-order valence-electron chi connectivity index (χ1n) is 7.25. The summed E-state index contributed by atoms with van der Waals surface area (Å²) in [6.07, 6.45) is -0.605. The summed E-state index contributed by atoms with van der Waals surface area (Å²) >= 11 is 0. The predicted octanol–water partition coefficient (Wildman–Crippen LogP) is 0.182. The molecule has 1 aromatic rings. The second kappa shape index (κ2) is 8.04. The van der Waals surface area contributed by atoms with Gasteiger partial charge < -0.3 is 15.8 Å². The number of alkyl halides is 2. The van der Waals surface area contributed by atoms with Gasteiger partial charge in [0.25, 0.3) is 12.3 Å². The van der Waals surface area contributed by atoms with E-state index in [9.17, 15) is 13.6 Å². The van der Waals surface area contributed by atoms with E-state index in [2.05, 4.69) is 15.3 Å². The first kappa shape index (κ1) is 16.6. The highest BCUT2D eigenvalue weighted by molar-refractivity contribution is 5.97. The maximum Gasteiger partial charge on any atom is 0.271 e. The second-order valence-electron chi connectivity index (χ2n) is 5.09. The summed E-state index contributed by atoms with van der Waals surface area (Å²) in [5, 5.41) is 6.40. The third-order valence-corrected chi connectivity index (χ3v) is 3.43. The molecule has 1 aliphatic rings. The Kier molecular flexibility index (Phi) is 6.08. The first-order chi connectivity index (χ1) is 10.6. The number of morpholine rings is 1. The van der Waals surface area contributed by atoms with Crippen molar-refractivity contribution >= 4 is 11.6 Å². The van der Waals surface area contributed by atoms with E-state index in [1.165, 1.54) is 6.20 Å². The molecule has 1 fully saturated rings. The Labute approximate surface area is 127 Å². The number of aromatic nitrogens is 2. The standard InChI is InChI=1S/C13H21F2N5O2/c14-11(15)9-20-12(10(16)8-18-20)13(21)17-2-1-3-19-4-6-22-7-5-19/h8,11H,1-7,9,16H2,(H,17,21). The van der Waals surface area contributed by atoms with Crippen molar-refractivity contribution in [2.45, 2.75) is 19.4 Å². The maximum absolute atomic E-state index is 12.4. The molecule has 2 rings (SSSR count). The summed E-state index contributed by atoms with van der Waals surface area (Å²) in [5.74, 6) is -0.474. The normalized spacial score (nSPS) is 16.1. The molecule has 0 saturated carbocycles. The topological polar surface area (TPSA) is 85.4 Å². The van der Waals surface area contributed by atoms with E-state index in [-0.39, 0.29) is 11.4 Å². The number of amides is 1. The molecule has 0 atom stereocenters. The van der Waals surface area contributed by atoms with Crippen LogP contribution in [-0.4, -0.2) is 66.4 Å². The molecule has 0 radical (unpaired) electrons. The number of nitrogens with one attached hydrogen (secondary N) is 1. The Morgan fingerprint density at radius 3 is 2.86 bits per heavy atom. The van der Waals surface area contributed by atoms with Crippen molar-refractivity contribution in [3.05, 3.63) is 11.9 Å². The average Bonchev–Trinajstić information content (AvgIpc) is 2.84. The van der Waals surface area contributed by atoms with Crippen LogP contribution in [0.15, 0.2) is 6.20 Å². The highest BCUT2D eigenvalue weighted by Crippen LogP contribution is 2.12. The highest BCUT2D eigenvalue weighted by Gasteiger charge is 2.19. The van der Waals surface area contributed by atoms with E-state index in [1.807, 2.05) is 0 Å². The van der Waals surface area contributed by atoms with Gasteiger partial charge in [-0.2, -0.15) is 5.10 Å². The van der Waals surface area contributed by atoms with Crippen LogP contribution >= 0.6 is 0 Å². The highest BCUT2D eigenvalue weighted by atomic mass is 19.3. The van der Waals surface area contributed by atoms with Gasteiger partial charge in [0.2, 0.25) is 0 Å². The van der Waals surface area contributed by atoms with Gasteiger partial charge >= 0.3 is 0 Å². The van der Waals surface area contributed by atoms with Crippen LogP contribution in [0.2, 0.25) is 0 Å². The van der Waals surface area contributed by atoms with E-state index < -0.39 is 18.9 Å². The summed E-state index contributed by atoms with van der Waals surface area (Å²) in [6, 6.07) is 0. The van der Waals surface area contributed by atoms with Gasteiger partial charge in [-0.3, -0.25) is 14.4 Å². The predicted molar refractivity (Wildman–Crippen MR) is 76.9 cm³/mol. The number of anilines is 1. The number of rotatable bonds is 7. The van der Waals surface area contributed by atoms with Crippen LogP contribution in [-0.2, 0) is 11.3 Å². The van der Waals surface area contributed by atoms with Crippen molar-refractivity contribution < 1.29 is 18.3 Å². The Hall–Kier alpha value is -1.74. The Morgan fingerprint density at radius 1 is 1.45 bits per heavy atom. The number of carbonyl (C=O) groups excluding carboxylic acids is 1. The lowest BCUT2D eigenvalue weighted by molar-refractivity contribution is 0.0374. The van der Waals surface area contributed by atoms with Crippen LogP contribution in [0.5, 0.6) is 0 Å². The number of nitrogen functional groups attached to an aromatic ring is 1. The van der Waals surface area contributed by atoms with Crippen LogP contribution in [0, 0.1) is 0 Å². The van der Waals surface area contributed by atoms with Gasteiger partial charge in [-0.1, -0.05) is 0 Å². The molecule has 1 aliphatic heterocycles. The molecule has 1 aromatic heterocycles. The SMILES string of the molecule is Nc1cnn(CC(F)F)c1C(=O)NCCCN1CCOCC1. The molecule has 0 aromatic carbocycles. The van der Waals surface area contributed by atoms with Crippen molar-refractivity contribution in [2.24, 2.45) is 0 Å². The van der Waals surface area contributed by atoms with Crippen molar-refractivity contribution in [1.29, 1.82) is 0 Å². The zero-order valence-corrected chi connectivity index (χ0v) is 12.3.